The van der Waals surface area contributed by atoms with Crippen LogP contribution in [0.3, 0.4) is 0 Å². The molecule has 0 bridgehead atoms. The number of benzene rings is 3. The van der Waals surface area contributed by atoms with E-state index in [-0.39, 0.29) is 5.43 Å². The van der Waals surface area contributed by atoms with Crippen molar-refractivity contribution >= 4 is 16.7 Å². The molecule has 2 aromatic heterocycles. The number of anilines is 1. The van der Waals surface area contributed by atoms with Crippen molar-refractivity contribution < 1.29 is 5.11 Å². The molecule has 5 rings (SSSR count). The van der Waals surface area contributed by atoms with Crippen molar-refractivity contribution in [2.45, 2.75) is 19.6 Å². The molecule has 0 spiro atoms. The van der Waals surface area contributed by atoms with E-state index in [2.05, 4.69) is 46.8 Å². The second kappa shape index (κ2) is 10.6. The molecule has 7 heteroatoms. The molecule has 7 nitrogen and oxygen atoms in total. The zero-order valence-corrected chi connectivity index (χ0v) is 20.1. The van der Waals surface area contributed by atoms with Gasteiger partial charge in [0.15, 0.2) is 5.43 Å². The molecule has 36 heavy (non-hydrogen) atoms. The number of H-pyrrole nitrogens is 1. The second-order valence-corrected chi connectivity index (χ2v) is 8.91. The van der Waals surface area contributed by atoms with Crippen LogP contribution in [0.25, 0.3) is 27.8 Å². The van der Waals surface area contributed by atoms with E-state index >= 15 is 0 Å². The Hall–Kier alpha value is -4.20. The van der Waals surface area contributed by atoms with Crippen molar-refractivity contribution in [1.82, 2.24) is 20.1 Å². The summed E-state index contributed by atoms with van der Waals surface area (Å²) in [5.41, 5.74) is 5.90. The third-order valence-corrected chi connectivity index (χ3v) is 6.10. The summed E-state index contributed by atoms with van der Waals surface area (Å²) < 4.78 is 1.89. The van der Waals surface area contributed by atoms with Crippen molar-refractivity contribution in [2.24, 2.45) is 0 Å². The van der Waals surface area contributed by atoms with Gasteiger partial charge in [0.2, 0.25) is 0 Å². The molecule has 182 valence electrons. The molecule has 0 fully saturated rings. The normalized spacial score (nSPS) is 12.1. The Morgan fingerprint density at radius 1 is 0.972 bits per heavy atom. The standard InChI is InChI=1S/C29H29N5O2/c1-20-11-13-21(14-12-20)29-22(19-34(33-29)23-7-3-2-4-8-23)16-30-17-24(35)18-31-28-15-27(36)25-9-5-6-10-26(25)32-28/h2-15,19,24,30,35H,16-18H2,1H3,(H2,31,32,36). The first kappa shape index (κ1) is 23.5. The van der Waals surface area contributed by atoms with Crippen molar-refractivity contribution in [3.63, 3.8) is 0 Å². The molecule has 4 N–H and O–H groups in total. The number of aliphatic hydroxyl groups is 1. The van der Waals surface area contributed by atoms with Gasteiger partial charge >= 0.3 is 0 Å². The van der Waals surface area contributed by atoms with Gasteiger partial charge in [-0.15, -0.1) is 0 Å². The molecule has 0 aliphatic heterocycles. The van der Waals surface area contributed by atoms with Crippen LogP contribution in [0.1, 0.15) is 11.1 Å². The molecule has 3 aromatic carbocycles. The highest BCUT2D eigenvalue weighted by atomic mass is 16.3. The van der Waals surface area contributed by atoms with Crippen molar-refractivity contribution in [3.05, 3.63) is 112 Å². The predicted octanol–water partition coefficient (Wildman–Crippen LogP) is 4.25. The summed E-state index contributed by atoms with van der Waals surface area (Å²) in [5.74, 6) is 0.587. The number of fused-ring (bicyclic) bond motifs is 1. The number of nitrogens with zero attached hydrogens (tertiary/aromatic N) is 2. The zero-order chi connectivity index (χ0) is 24.9. The Labute approximate surface area is 209 Å². The fraction of sp³-hybridized carbons (Fsp3) is 0.172. The third-order valence-electron chi connectivity index (χ3n) is 6.10. The molecule has 1 unspecified atom stereocenters. The highest BCUT2D eigenvalue weighted by Gasteiger charge is 2.13. The van der Waals surface area contributed by atoms with Crippen LogP contribution in [0.5, 0.6) is 0 Å². The number of aromatic nitrogens is 3. The van der Waals surface area contributed by atoms with Gasteiger partial charge in [-0.2, -0.15) is 5.10 Å². The SMILES string of the molecule is Cc1ccc(-c2nn(-c3ccccc3)cc2CNCC(O)CNc2cc(=O)c3ccccc3[nH]2)cc1. The number of rotatable bonds is 9. The predicted molar refractivity (Wildman–Crippen MR) is 145 cm³/mol. The first-order valence-corrected chi connectivity index (χ1v) is 12.0. The van der Waals surface area contributed by atoms with Crippen molar-refractivity contribution in [3.8, 4) is 16.9 Å². The Kier molecular flexibility index (Phi) is 6.93. The van der Waals surface area contributed by atoms with E-state index in [1.54, 1.807) is 6.07 Å². The topological polar surface area (TPSA) is 95.0 Å². The van der Waals surface area contributed by atoms with Gasteiger partial charge in [-0.05, 0) is 31.2 Å². The number of hydrogen-bond donors (Lipinski definition) is 4. The molecule has 0 saturated carbocycles. The molecule has 0 aliphatic carbocycles. The van der Waals surface area contributed by atoms with Gasteiger partial charge in [0.25, 0.3) is 0 Å². The minimum atomic E-state index is -0.646. The summed E-state index contributed by atoms with van der Waals surface area (Å²) >= 11 is 0. The maximum atomic E-state index is 12.3. The lowest BCUT2D eigenvalue weighted by Gasteiger charge is -2.14. The molecular formula is C29H29N5O2. The first-order chi connectivity index (χ1) is 17.6. The number of nitrogens with one attached hydrogen (secondary N) is 3. The lowest BCUT2D eigenvalue weighted by molar-refractivity contribution is 0.184. The van der Waals surface area contributed by atoms with Gasteiger partial charge in [-0.25, -0.2) is 4.68 Å². The van der Waals surface area contributed by atoms with Gasteiger partial charge < -0.3 is 20.7 Å². The third kappa shape index (κ3) is 5.38. The number of hydrogen-bond acceptors (Lipinski definition) is 5. The second-order valence-electron chi connectivity index (χ2n) is 8.91. The number of aromatic amines is 1. The number of aliphatic hydroxyl groups excluding tert-OH is 1. The number of para-hydroxylation sites is 2. The van der Waals surface area contributed by atoms with Crippen LogP contribution in [0.2, 0.25) is 0 Å². The van der Waals surface area contributed by atoms with Crippen LogP contribution < -0.4 is 16.1 Å². The van der Waals surface area contributed by atoms with E-state index < -0.39 is 6.10 Å². The van der Waals surface area contributed by atoms with Gasteiger partial charge in [0.05, 0.1) is 23.0 Å². The van der Waals surface area contributed by atoms with E-state index in [0.717, 1.165) is 28.0 Å². The minimum Gasteiger partial charge on any atom is -0.390 e. The summed E-state index contributed by atoms with van der Waals surface area (Å²) in [4.78, 5) is 15.5. The van der Waals surface area contributed by atoms with Crippen molar-refractivity contribution in [2.75, 3.05) is 18.4 Å². The van der Waals surface area contributed by atoms with Crippen LogP contribution in [-0.2, 0) is 6.54 Å². The molecule has 1 atom stereocenters. The fourth-order valence-corrected chi connectivity index (χ4v) is 4.17. The van der Waals surface area contributed by atoms with Crippen LogP contribution in [0.15, 0.2) is 95.9 Å². The maximum Gasteiger partial charge on any atom is 0.191 e. The number of aryl methyl sites for hydroxylation is 1. The average Bonchev–Trinajstić information content (AvgIpc) is 3.33. The van der Waals surface area contributed by atoms with Gasteiger partial charge in [0, 0.05) is 48.4 Å². The van der Waals surface area contributed by atoms with E-state index in [1.165, 1.54) is 11.6 Å². The lowest BCUT2D eigenvalue weighted by atomic mass is 10.1. The smallest absolute Gasteiger partial charge is 0.191 e. The summed E-state index contributed by atoms with van der Waals surface area (Å²) in [5, 5.41) is 22.5. The summed E-state index contributed by atoms with van der Waals surface area (Å²) in [6, 6.07) is 27.3. The van der Waals surface area contributed by atoms with Gasteiger partial charge in [-0.1, -0.05) is 60.2 Å². The Morgan fingerprint density at radius 3 is 2.53 bits per heavy atom. The summed E-state index contributed by atoms with van der Waals surface area (Å²) in [6.45, 7) is 3.31. The van der Waals surface area contributed by atoms with E-state index in [1.807, 2.05) is 59.4 Å². The summed E-state index contributed by atoms with van der Waals surface area (Å²) in [6.07, 6.45) is 1.38. The largest absolute Gasteiger partial charge is 0.390 e. The van der Waals surface area contributed by atoms with Gasteiger partial charge in [0.1, 0.15) is 5.82 Å². The molecule has 2 heterocycles. The molecular weight excluding hydrogens is 450 g/mol. The van der Waals surface area contributed by atoms with Crippen LogP contribution >= 0.6 is 0 Å². The Balaban J connectivity index is 1.24. The molecule has 0 amide bonds. The highest BCUT2D eigenvalue weighted by molar-refractivity contribution is 5.79. The molecule has 0 aliphatic rings. The highest BCUT2D eigenvalue weighted by Crippen LogP contribution is 2.24. The Bertz CT molecular complexity index is 1510. The van der Waals surface area contributed by atoms with Crippen LogP contribution in [0, 0.1) is 6.92 Å². The Morgan fingerprint density at radius 2 is 1.72 bits per heavy atom. The lowest BCUT2D eigenvalue weighted by Crippen LogP contribution is -2.32. The number of pyridine rings is 1. The van der Waals surface area contributed by atoms with E-state index in [0.29, 0.717) is 30.8 Å². The van der Waals surface area contributed by atoms with Gasteiger partial charge in [-0.3, -0.25) is 4.79 Å². The monoisotopic (exact) mass is 479 g/mol. The summed E-state index contributed by atoms with van der Waals surface area (Å²) in [7, 11) is 0. The maximum absolute atomic E-state index is 12.3. The molecule has 0 radical (unpaired) electrons. The van der Waals surface area contributed by atoms with E-state index in [4.69, 9.17) is 5.10 Å². The zero-order valence-electron chi connectivity index (χ0n) is 20.1. The van der Waals surface area contributed by atoms with Crippen LogP contribution in [0.4, 0.5) is 5.82 Å². The van der Waals surface area contributed by atoms with E-state index in [9.17, 15) is 9.90 Å². The van der Waals surface area contributed by atoms with Crippen LogP contribution in [-0.4, -0.2) is 39.1 Å². The minimum absolute atomic E-state index is 0.0569. The fourth-order valence-electron chi connectivity index (χ4n) is 4.17. The first-order valence-electron chi connectivity index (χ1n) is 12.0. The quantitative estimate of drug-likeness (QED) is 0.254. The average molecular weight is 480 g/mol. The van der Waals surface area contributed by atoms with Crippen molar-refractivity contribution in [1.29, 1.82) is 0 Å². The molecule has 5 aromatic rings. The molecule has 0 saturated heterocycles.